The van der Waals surface area contributed by atoms with E-state index in [9.17, 15) is 4.79 Å². The summed E-state index contributed by atoms with van der Waals surface area (Å²) in [6, 6.07) is 11.2. The molecule has 0 aromatic heterocycles. The van der Waals surface area contributed by atoms with Gasteiger partial charge in [0.25, 0.3) is 0 Å². The largest absolute Gasteiger partial charge is 0.457 e. The molecule has 0 bridgehead atoms. The highest BCUT2D eigenvalue weighted by molar-refractivity contribution is 5.97. The Kier molecular flexibility index (Phi) is 6.93. The number of piperidine rings is 1. The number of carbonyl (C=O) groups excluding carboxylic acids is 1. The minimum absolute atomic E-state index is 0. The second-order valence-electron chi connectivity index (χ2n) is 5.01. The van der Waals surface area contributed by atoms with Crippen LogP contribution < -0.4 is 0 Å². The number of likely N-dealkylation sites (N-methyl/N-ethyl adjacent to an activating group) is 1. The lowest BCUT2D eigenvalue weighted by Crippen LogP contribution is -2.38. The smallest absolute Gasteiger partial charge is 0.349 e. The highest BCUT2D eigenvalue weighted by Crippen LogP contribution is 2.14. The molecule has 1 unspecified atom stereocenters. The van der Waals surface area contributed by atoms with Gasteiger partial charge in [0.05, 0.1) is 0 Å². The molecule has 21 heavy (non-hydrogen) atoms. The lowest BCUT2D eigenvalue weighted by molar-refractivity contribution is -0.145. The monoisotopic (exact) mass is 306 g/mol. The molecule has 0 radical (unpaired) electrons. The number of rotatable bonds is 3. The number of hydrogen-bond acceptors (Lipinski definition) is 4. The van der Waals surface area contributed by atoms with Crippen molar-refractivity contribution in [1.29, 1.82) is 5.26 Å². The van der Waals surface area contributed by atoms with E-state index in [-0.39, 0.29) is 24.1 Å². The van der Waals surface area contributed by atoms with Crippen molar-refractivity contribution in [2.45, 2.75) is 18.9 Å². The predicted molar refractivity (Wildman–Crippen MR) is 83.9 cm³/mol. The number of benzene rings is 1. The molecular weight excluding hydrogens is 288 g/mol. The van der Waals surface area contributed by atoms with Gasteiger partial charge in [-0.05, 0) is 38.1 Å². The van der Waals surface area contributed by atoms with Crippen molar-refractivity contribution in [2.75, 3.05) is 20.1 Å². The van der Waals surface area contributed by atoms with Gasteiger partial charge in [-0.15, -0.1) is 12.4 Å². The van der Waals surface area contributed by atoms with Gasteiger partial charge in [0.15, 0.2) is 0 Å². The summed E-state index contributed by atoms with van der Waals surface area (Å²) in [6.07, 6.45) is 3.32. The third kappa shape index (κ3) is 5.22. The van der Waals surface area contributed by atoms with Crippen LogP contribution in [0.4, 0.5) is 0 Å². The SMILES string of the molecule is CN1CCCC(OC(=O)/C(C#N)=C/c2ccccc2)C1.Cl. The normalized spacial score (nSPS) is 19.2. The van der Waals surface area contributed by atoms with Gasteiger partial charge in [0, 0.05) is 6.54 Å². The Bertz CT molecular complexity index is 537. The maximum absolute atomic E-state index is 12.0. The quantitative estimate of drug-likeness (QED) is 0.489. The topological polar surface area (TPSA) is 53.3 Å². The summed E-state index contributed by atoms with van der Waals surface area (Å²) in [5.41, 5.74) is 0.867. The Morgan fingerprint density at radius 3 is 2.76 bits per heavy atom. The summed E-state index contributed by atoms with van der Waals surface area (Å²) < 4.78 is 5.42. The molecule has 5 heteroatoms. The van der Waals surface area contributed by atoms with Gasteiger partial charge in [-0.3, -0.25) is 0 Å². The third-order valence-electron chi connectivity index (χ3n) is 3.31. The molecule has 112 valence electrons. The molecule has 0 saturated carbocycles. The number of nitrogens with zero attached hydrogens (tertiary/aromatic N) is 2. The fourth-order valence-electron chi connectivity index (χ4n) is 2.28. The average Bonchev–Trinajstić information content (AvgIpc) is 2.45. The number of halogens is 1. The van der Waals surface area contributed by atoms with Gasteiger partial charge in [0.1, 0.15) is 17.7 Å². The molecule has 1 aromatic rings. The van der Waals surface area contributed by atoms with Gasteiger partial charge < -0.3 is 9.64 Å². The minimum Gasteiger partial charge on any atom is -0.457 e. The van der Waals surface area contributed by atoms with Crippen molar-refractivity contribution in [3.8, 4) is 6.07 Å². The molecule has 1 aromatic carbocycles. The van der Waals surface area contributed by atoms with Crippen LogP contribution in [0.25, 0.3) is 6.08 Å². The number of esters is 1. The summed E-state index contributed by atoms with van der Waals surface area (Å²) in [5.74, 6) is -0.531. The Hall–Kier alpha value is -1.83. The fraction of sp³-hybridized carbons (Fsp3) is 0.375. The standard InChI is InChI=1S/C16H18N2O2.ClH/c1-18-9-5-8-15(12-18)20-16(19)14(11-17)10-13-6-3-2-4-7-13;/h2-4,6-7,10,15H,5,8-9,12H2,1H3;1H/b14-10+;. The number of ether oxygens (including phenoxy) is 1. The van der Waals surface area contributed by atoms with Crippen molar-refractivity contribution >= 4 is 24.5 Å². The average molecular weight is 307 g/mol. The van der Waals surface area contributed by atoms with E-state index >= 15 is 0 Å². The van der Waals surface area contributed by atoms with Gasteiger partial charge in [-0.2, -0.15) is 5.26 Å². The molecule has 4 nitrogen and oxygen atoms in total. The van der Waals surface area contributed by atoms with Crippen molar-refractivity contribution in [3.63, 3.8) is 0 Å². The van der Waals surface area contributed by atoms with Gasteiger partial charge >= 0.3 is 5.97 Å². The molecule has 1 saturated heterocycles. The van der Waals surface area contributed by atoms with E-state index in [1.165, 1.54) is 0 Å². The first-order valence-electron chi connectivity index (χ1n) is 6.75. The molecule has 0 amide bonds. The minimum atomic E-state index is -0.531. The van der Waals surface area contributed by atoms with Crippen LogP contribution in [0.15, 0.2) is 35.9 Å². The second-order valence-corrected chi connectivity index (χ2v) is 5.01. The van der Waals surface area contributed by atoms with E-state index in [2.05, 4.69) is 4.90 Å². The van der Waals surface area contributed by atoms with Crippen LogP contribution >= 0.6 is 12.4 Å². The molecule has 2 rings (SSSR count). The number of nitriles is 1. The summed E-state index contributed by atoms with van der Waals surface area (Å²) in [6.45, 7) is 1.76. The van der Waals surface area contributed by atoms with Crippen LogP contribution in [-0.4, -0.2) is 37.1 Å². The zero-order chi connectivity index (χ0) is 14.4. The molecule has 1 fully saturated rings. The van der Waals surface area contributed by atoms with Crippen LogP contribution in [0.3, 0.4) is 0 Å². The third-order valence-corrected chi connectivity index (χ3v) is 3.31. The lowest BCUT2D eigenvalue weighted by atomic mass is 10.1. The number of likely N-dealkylation sites (tertiary alicyclic amines) is 1. The predicted octanol–water partition coefficient (Wildman–Crippen LogP) is 2.65. The molecule has 1 aliphatic heterocycles. The van der Waals surface area contributed by atoms with E-state index in [0.717, 1.165) is 31.5 Å². The molecule has 0 N–H and O–H groups in total. The van der Waals surface area contributed by atoms with Crippen molar-refractivity contribution in [1.82, 2.24) is 4.90 Å². The van der Waals surface area contributed by atoms with E-state index in [1.54, 1.807) is 6.08 Å². The fourth-order valence-corrected chi connectivity index (χ4v) is 2.28. The Morgan fingerprint density at radius 2 is 2.14 bits per heavy atom. The first kappa shape index (κ1) is 17.2. The van der Waals surface area contributed by atoms with Crippen molar-refractivity contribution in [3.05, 3.63) is 41.5 Å². The molecule has 0 spiro atoms. The number of carbonyl (C=O) groups is 1. The van der Waals surface area contributed by atoms with Gasteiger partial charge in [-0.1, -0.05) is 30.3 Å². The highest BCUT2D eigenvalue weighted by Gasteiger charge is 2.22. The van der Waals surface area contributed by atoms with E-state index in [0.29, 0.717) is 0 Å². The molecule has 1 atom stereocenters. The molecule has 1 aliphatic rings. The number of hydrogen-bond donors (Lipinski definition) is 0. The Labute approximate surface area is 131 Å². The maximum Gasteiger partial charge on any atom is 0.349 e. The molecule has 1 heterocycles. The van der Waals surface area contributed by atoms with Crippen molar-refractivity contribution < 1.29 is 9.53 Å². The summed E-state index contributed by atoms with van der Waals surface area (Å²) >= 11 is 0. The Balaban J connectivity index is 0.00000220. The lowest BCUT2D eigenvalue weighted by Gasteiger charge is -2.29. The summed E-state index contributed by atoms with van der Waals surface area (Å²) in [7, 11) is 2.00. The first-order chi connectivity index (χ1) is 9.69. The summed E-state index contributed by atoms with van der Waals surface area (Å²) in [5, 5.41) is 9.11. The van der Waals surface area contributed by atoms with E-state index < -0.39 is 5.97 Å². The zero-order valence-corrected chi connectivity index (χ0v) is 12.8. The highest BCUT2D eigenvalue weighted by atomic mass is 35.5. The second kappa shape index (κ2) is 8.46. The van der Waals surface area contributed by atoms with Gasteiger partial charge in [0.2, 0.25) is 0 Å². The van der Waals surface area contributed by atoms with Crippen molar-refractivity contribution in [2.24, 2.45) is 0 Å². The van der Waals surface area contributed by atoms with Crippen LogP contribution in [0, 0.1) is 11.3 Å². The first-order valence-corrected chi connectivity index (χ1v) is 6.75. The van der Waals surface area contributed by atoms with Crippen LogP contribution in [0.1, 0.15) is 18.4 Å². The van der Waals surface area contributed by atoms with Crippen LogP contribution in [0.5, 0.6) is 0 Å². The zero-order valence-electron chi connectivity index (χ0n) is 12.0. The van der Waals surface area contributed by atoms with Crippen LogP contribution in [-0.2, 0) is 9.53 Å². The van der Waals surface area contributed by atoms with Crippen LogP contribution in [0.2, 0.25) is 0 Å². The maximum atomic E-state index is 12.0. The van der Waals surface area contributed by atoms with E-state index in [1.807, 2.05) is 43.4 Å². The van der Waals surface area contributed by atoms with Gasteiger partial charge in [-0.25, -0.2) is 4.79 Å². The Morgan fingerprint density at radius 1 is 1.43 bits per heavy atom. The van der Waals surface area contributed by atoms with E-state index in [4.69, 9.17) is 10.00 Å². The molecular formula is C16H19ClN2O2. The molecule has 0 aliphatic carbocycles. The summed E-state index contributed by atoms with van der Waals surface area (Å²) in [4.78, 5) is 14.2.